The molecule has 1 aliphatic rings. The highest BCUT2D eigenvalue weighted by atomic mass is 32.2. The molecule has 33 heavy (non-hydrogen) atoms. The number of fused-ring (bicyclic) bond motifs is 1. The monoisotopic (exact) mass is 469 g/mol. The summed E-state index contributed by atoms with van der Waals surface area (Å²) in [6, 6.07) is 12.5. The van der Waals surface area contributed by atoms with Crippen molar-refractivity contribution < 1.29 is 18.7 Å². The van der Waals surface area contributed by atoms with E-state index in [1.165, 1.54) is 12.1 Å². The molecule has 2 atom stereocenters. The van der Waals surface area contributed by atoms with Gasteiger partial charge in [0.05, 0.1) is 22.5 Å². The Morgan fingerprint density at radius 2 is 1.97 bits per heavy atom. The fourth-order valence-corrected chi connectivity index (χ4v) is 4.76. The van der Waals surface area contributed by atoms with Gasteiger partial charge in [-0.05, 0) is 67.1 Å². The van der Waals surface area contributed by atoms with Crippen molar-refractivity contribution in [2.45, 2.75) is 31.2 Å². The molecular formula is C25H25F2N3O2S. The molecule has 2 unspecified atom stereocenters. The van der Waals surface area contributed by atoms with Gasteiger partial charge in [0.15, 0.2) is 0 Å². The van der Waals surface area contributed by atoms with Crippen LogP contribution in [0, 0.1) is 11.8 Å². The summed E-state index contributed by atoms with van der Waals surface area (Å²) in [5.74, 6) is -4.72. The Kier molecular flexibility index (Phi) is 6.30. The van der Waals surface area contributed by atoms with Crippen molar-refractivity contribution >= 4 is 40.4 Å². The maximum atomic E-state index is 14.5. The molecule has 0 spiro atoms. The minimum Gasteiger partial charge on any atom is -0.478 e. The molecule has 1 aromatic heterocycles. The van der Waals surface area contributed by atoms with E-state index < -0.39 is 17.8 Å². The third-order valence-corrected chi connectivity index (χ3v) is 6.62. The molecule has 8 heteroatoms. The maximum absolute atomic E-state index is 14.5. The number of carboxylic acids is 1. The molecule has 4 rings (SSSR count). The number of imidazole rings is 1. The predicted octanol–water partition coefficient (Wildman–Crippen LogP) is 6.60. The van der Waals surface area contributed by atoms with Gasteiger partial charge in [-0.15, -0.1) is 11.8 Å². The SMILES string of the molecule is CSc1ccc(Nc2nc3cc(C(=O)O)ccc3n2CC2=CC=CC(C)C2C(C)(F)F)cc1. The minimum atomic E-state index is -2.88. The van der Waals surface area contributed by atoms with E-state index in [2.05, 4.69) is 10.3 Å². The molecule has 5 nitrogen and oxygen atoms in total. The van der Waals surface area contributed by atoms with Crippen LogP contribution in [0.2, 0.25) is 0 Å². The number of hydrogen-bond donors (Lipinski definition) is 2. The number of carboxylic acid groups (broad SMARTS) is 1. The molecule has 2 aromatic carbocycles. The van der Waals surface area contributed by atoms with Crippen molar-refractivity contribution in [3.63, 3.8) is 0 Å². The quantitative estimate of drug-likeness (QED) is 0.382. The molecule has 0 saturated heterocycles. The van der Waals surface area contributed by atoms with Gasteiger partial charge in [-0.1, -0.05) is 25.2 Å². The van der Waals surface area contributed by atoms with Crippen LogP contribution in [0.3, 0.4) is 0 Å². The molecular weight excluding hydrogens is 444 g/mol. The molecule has 0 bridgehead atoms. The van der Waals surface area contributed by atoms with E-state index in [4.69, 9.17) is 0 Å². The summed E-state index contributed by atoms with van der Waals surface area (Å²) in [5, 5.41) is 12.6. The van der Waals surface area contributed by atoms with E-state index in [1.54, 1.807) is 36.9 Å². The first kappa shape index (κ1) is 23.0. The summed E-state index contributed by atoms with van der Waals surface area (Å²) >= 11 is 1.63. The molecule has 0 fully saturated rings. The van der Waals surface area contributed by atoms with Gasteiger partial charge in [-0.2, -0.15) is 0 Å². The number of halogens is 2. The zero-order valence-electron chi connectivity index (χ0n) is 18.5. The largest absolute Gasteiger partial charge is 0.478 e. The summed E-state index contributed by atoms with van der Waals surface area (Å²) in [7, 11) is 0. The lowest BCUT2D eigenvalue weighted by molar-refractivity contribution is -0.0396. The highest BCUT2D eigenvalue weighted by Gasteiger charge is 2.40. The number of alkyl halides is 2. The third kappa shape index (κ3) is 4.80. The number of carbonyl (C=O) groups is 1. The lowest BCUT2D eigenvalue weighted by atomic mass is 9.79. The van der Waals surface area contributed by atoms with Gasteiger partial charge in [-0.3, -0.25) is 0 Å². The summed E-state index contributed by atoms with van der Waals surface area (Å²) in [6.07, 6.45) is 7.35. The van der Waals surface area contributed by atoms with Crippen molar-refractivity contribution in [2.75, 3.05) is 11.6 Å². The Labute approximate surface area is 195 Å². The minimum absolute atomic E-state index is 0.120. The molecule has 1 aliphatic carbocycles. The summed E-state index contributed by atoms with van der Waals surface area (Å²) in [4.78, 5) is 17.2. The Morgan fingerprint density at radius 3 is 2.61 bits per heavy atom. The summed E-state index contributed by atoms with van der Waals surface area (Å²) in [6.45, 7) is 2.96. The highest BCUT2D eigenvalue weighted by molar-refractivity contribution is 7.98. The average molecular weight is 470 g/mol. The van der Waals surface area contributed by atoms with Crippen LogP contribution in [0.1, 0.15) is 24.2 Å². The van der Waals surface area contributed by atoms with Crippen LogP contribution in [0.15, 0.2) is 71.2 Å². The third-order valence-electron chi connectivity index (χ3n) is 5.88. The predicted molar refractivity (Wildman–Crippen MR) is 129 cm³/mol. The first-order valence-electron chi connectivity index (χ1n) is 10.6. The van der Waals surface area contributed by atoms with Crippen LogP contribution in [0.25, 0.3) is 11.0 Å². The fraction of sp³-hybridized carbons (Fsp3) is 0.280. The average Bonchev–Trinajstić information content (AvgIpc) is 3.09. The molecule has 172 valence electrons. The molecule has 0 aliphatic heterocycles. The topological polar surface area (TPSA) is 67.2 Å². The number of benzene rings is 2. The van der Waals surface area contributed by atoms with E-state index >= 15 is 0 Å². The lowest BCUT2D eigenvalue weighted by Crippen LogP contribution is -2.33. The summed E-state index contributed by atoms with van der Waals surface area (Å²) in [5.41, 5.74) is 2.67. The van der Waals surface area contributed by atoms with Crippen molar-refractivity contribution in [3.8, 4) is 0 Å². The standard InChI is InChI=1S/C25H25F2N3O2S/c1-15-5-4-6-17(22(15)25(2,26)27)14-30-21-12-7-16(23(31)32)13-20(21)29-24(30)28-18-8-10-19(33-3)11-9-18/h4-13,15,22H,14H2,1-3H3,(H,28,29)(H,31,32). The first-order chi connectivity index (χ1) is 15.7. The first-order valence-corrected chi connectivity index (χ1v) is 11.8. The van der Waals surface area contributed by atoms with Crippen molar-refractivity contribution in [3.05, 3.63) is 71.8 Å². The Bertz CT molecular complexity index is 1240. The lowest BCUT2D eigenvalue weighted by Gasteiger charge is -2.32. The van der Waals surface area contributed by atoms with Gasteiger partial charge >= 0.3 is 5.97 Å². The summed E-state index contributed by atoms with van der Waals surface area (Å²) < 4.78 is 30.9. The van der Waals surface area contributed by atoms with Crippen LogP contribution in [-0.2, 0) is 6.54 Å². The van der Waals surface area contributed by atoms with E-state index in [0.717, 1.165) is 17.5 Å². The van der Waals surface area contributed by atoms with Gasteiger partial charge < -0.3 is 15.0 Å². The highest BCUT2D eigenvalue weighted by Crippen LogP contribution is 2.40. The Balaban J connectivity index is 1.79. The van der Waals surface area contributed by atoms with E-state index in [0.29, 0.717) is 22.6 Å². The number of hydrogen-bond acceptors (Lipinski definition) is 4. The number of aromatic nitrogens is 2. The van der Waals surface area contributed by atoms with Crippen LogP contribution < -0.4 is 5.32 Å². The van der Waals surface area contributed by atoms with Gasteiger partial charge in [0.1, 0.15) is 0 Å². The normalized spacial score (nSPS) is 18.4. The Morgan fingerprint density at radius 1 is 1.24 bits per heavy atom. The number of aromatic carboxylic acids is 1. The van der Waals surface area contributed by atoms with Crippen molar-refractivity contribution in [2.24, 2.45) is 11.8 Å². The second-order valence-electron chi connectivity index (χ2n) is 8.30. The van der Waals surface area contributed by atoms with Gasteiger partial charge in [0, 0.05) is 17.1 Å². The maximum Gasteiger partial charge on any atom is 0.335 e. The van der Waals surface area contributed by atoms with E-state index in [1.807, 2.05) is 41.2 Å². The second kappa shape index (κ2) is 9.02. The number of nitrogens with one attached hydrogen (secondary N) is 1. The number of thioether (sulfide) groups is 1. The molecule has 0 saturated carbocycles. The zero-order valence-corrected chi connectivity index (χ0v) is 19.4. The van der Waals surface area contributed by atoms with Gasteiger partial charge in [-0.25, -0.2) is 18.6 Å². The number of nitrogens with zero attached hydrogens (tertiary/aromatic N) is 2. The smallest absolute Gasteiger partial charge is 0.335 e. The number of anilines is 2. The van der Waals surface area contributed by atoms with E-state index in [9.17, 15) is 18.7 Å². The van der Waals surface area contributed by atoms with E-state index in [-0.39, 0.29) is 18.0 Å². The van der Waals surface area contributed by atoms with Crippen LogP contribution in [0.4, 0.5) is 20.4 Å². The number of allylic oxidation sites excluding steroid dienone is 4. The van der Waals surface area contributed by atoms with Crippen LogP contribution in [-0.4, -0.2) is 32.8 Å². The van der Waals surface area contributed by atoms with Crippen LogP contribution >= 0.6 is 11.8 Å². The second-order valence-corrected chi connectivity index (χ2v) is 9.18. The number of rotatable bonds is 7. The molecule has 0 radical (unpaired) electrons. The van der Waals surface area contributed by atoms with Crippen molar-refractivity contribution in [1.29, 1.82) is 0 Å². The zero-order chi connectivity index (χ0) is 23.8. The van der Waals surface area contributed by atoms with Crippen LogP contribution in [0.5, 0.6) is 0 Å². The molecule has 1 heterocycles. The van der Waals surface area contributed by atoms with Gasteiger partial charge in [0.25, 0.3) is 5.92 Å². The molecule has 3 aromatic rings. The van der Waals surface area contributed by atoms with Crippen molar-refractivity contribution in [1.82, 2.24) is 9.55 Å². The molecule has 0 amide bonds. The molecule has 2 N–H and O–H groups in total. The Hall–Kier alpha value is -3.13. The van der Waals surface area contributed by atoms with Gasteiger partial charge in [0.2, 0.25) is 5.95 Å². The fourth-order valence-electron chi connectivity index (χ4n) is 4.35.